The summed E-state index contributed by atoms with van der Waals surface area (Å²) in [5, 5.41) is 10.5. The minimum Gasteiger partial charge on any atom is -0.466 e. The Kier molecular flexibility index (Phi) is 5.41. The molecule has 0 amide bonds. The summed E-state index contributed by atoms with van der Waals surface area (Å²) in [7, 11) is 0. The van der Waals surface area contributed by atoms with Crippen molar-refractivity contribution in [1.82, 2.24) is 0 Å². The van der Waals surface area contributed by atoms with Gasteiger partial charge in [0.25, 0.3) is 0 Å². The van der Waals surface area contributed by atoms with Gasteiger partial charge in [-0.15, -0.1) is 0 Å². The Morgan fingerprint density at radius 2 is 2.10 bits per heavy atom. The molecule has 0 bridgehead atoms. The fraction of sp³-hybridized carbons (Fsp3) is 0.812. The Bertz CT molecular complexity index is 386. The molecule has 1 aliphatic carbocycles. The minimum absolute atomic E-state index is 0.000417. The number of rotatable bonds is 6. The molecule has 2 aliphatic rings. The van der Waals surface area contributed by atoms with Gasteiger partial charge >= 0.3 is 5.97 Å². The Hall–Kier alpha value is -0.910. The monoisotopic (exact) mass is 298 g/mol. The smallest absolute Gasteiger partial charge is 0.312 e. The van der Waals surface area contributed by atoms with Crippen molar-refractivity contribution in [2.24, 2.45) is 11.8 Å². The summed E-state index contributed by atoms with van der Waals surface area (Å²) in [6.45, 7) is 9.08. The molecule has 0 aromatic heterocycles. The standard InChI is InChI=1S/C16H26O5/c1-4-11(3)14(17)13(15(18)19-5-2)12-6-7-16(10-12)20-8-9-21-16/h12-14,17H,3-10H2,1-2H3/t12?,13-,14+/m1/s1. The molecule has 0 aromatic carbocycles. The van der Waals surface area contributed by atoms with Crippen LogP contribution in [0.3, 0.4) is 0 Å². The Morgan fingerprint density at radius 3 is 2.67 bits per heavy atom. The summed E-state index contributed by atoms with van der Waals surface area (Å²) in [4.78, 5) is 12.3. The zero-order valence-corrected chi connectivity index (χ0v) is 13.0. The van der Waals surface area contributed by atoms with Crippen LogP contribution in [0.5, 0.6) is 0 Å². The lowest BCUT2D eigenvalue weighted by Crippen LogP contribution is -2.37. The molecular weight excluding hydrogens is 272 g/mol. The number of hydrogen-bond donors (Lipinski definition) is 1. The second-order valence-electron chi connectivity index (χ2n) is 5.84. The van der Waals surface area contributed by atoms with Gasteiger partial charge < -0.3 is 19.3 Å². The van der Waals surface area contributed by atoms with E-state index >= 15 is 0 Å². The van der Waals surface area contributed by atoms with Crippen LogP contribution in [0.15, 0.2) is 12.2 Å². The highest BCUT2D eigenvalue weighted by atomic mass is 16.7. The molecule has 5 heteroatoms. The van der Waals surface area contributed by atoms with Crippen molar-refractivity contribution >= 4 is 5.97 Å². The molecule has 1 unspecified atom stereocenters. The summed E-state index contributed by atoms with van der Waals surface area (Å²) in [5.74, 6) is -1.48. The number of aliphatic hydroxyl groups excluding tert-OH is 1. The van der Waals surface area contributed by atoms with E-state index in [-0.39, 0.29) is 11.9 Å². The predicted molar refractivity (Wildman–Crippen MR) is 77.5 cm³/mol. The zero-order chi connectivity index (χ0) is 15.5. The van der Waals surface area contributed by atoms with Gasteiger partial charge in [0.05, 0.1) is 31.8 Å². The minimum atomic E-state index is -0.865. The van der Waals surface area contributed by atoms with Gasteiger partial charge in [0.2, 0.25) is 0 Å². The molecule has 1 aliphatic heterocycles. The highest BCUT2D eigenvalue weighted by Crippen LogP contribution is 2.45. The Labute approximate surface area is 126 Å². The first-order chi connectivity index (χ1) is 10.0. The van der Waals surface area contributed by atoms with Gasteiger partial charge in [0, 0.05) is 12.8 Å². The van der Waals surface area contributed by atoms with Gasteiger partial charge in [-0.05, 0) is 31.3 Å². The van der Waals surface area contributed by atoms with E-state index in [4.69, 9.17) is 14.2 Å². The maximum Gasteiger partial charge on any atom is 0.312 e. The molecule has 2 rings (SSSR count). The van der Waals surface area contributed by atoms with E-state index in [1.54, 1.807) is 6.92 Å². The van der Waals surface area contributed by atoms with Gasteiger partial charge in [-0.3, -0.25) is 4.79 Å². The highest BCUT2D eigenvalue weighted by Gasteiger charge is 2.49. The van der Waals surface area contributed by atoms with Crippen molar-refractivity contribution in [2.75, 3.05) is 19.8 Å². The van der Waals surface area contributed by atoms with Crippen molar-refractivity contribution in [3.8, 4) is 0 Å². The van der Waals surface area contributed by atoms with Crippen LogP contribution in [0.4, 0.5) is 0 Å². The molecule has 120 valence electrons. The summed E-state index contributed by atoms with van der Waals surface area (Å²) in [5.41, 5.74) is 0.669. The summed E-state index contributed by atoms with van der Waals surface area (Å²) >= 11 is 0. The van der Waals surface area contributed by atoms with Gasteiger partial charge in [-0.1, -0.05) is 13.5 Å². The van der Waals surface area contributed by atoms with Gasteiger partial charge in [-0.25, -0.2) is 0 Å². The highest BCUT2D eigenvalue weighted by molar-refractivity contribution is 5.74. The van der Waals surface area contributed by atoms with Crippen molar-refractivity contribution in [3.05, 3.63) is 12.2 Å². The van der Waals surface area contributed by atoms with E-state index < -0.39 is 17.8 Å². The van der Waals surface area contributed by atoms with Gasteiger partial charge in [0.15, 0.2) is 5.79 Å². The number of carbonyl (C=O) groups is 1. The van der Waals surface area contributed by atoms with Crippen LogP contribution in [0.1, 0.15) is 39.5 Å². The number of aliphatic hydroxyl groups is 1. The van der Waals surface area contributed by atoms with Crippen LogP contribution in [-0.4, -0.2) is 42.8 Å². The van der Waals surface area contributed by atoms with Gasteiger partial charge in [0.1, 0.15) is 0 Å². The maximum atomic E-state index is 12.3. The van der Waals surface area contributed by atoms with Crippen LogP contribution in [0.2, 0.25) is 0 Å². The third-order valence-electron chi connectivity index (χ3n) is 4.56. The molecule has 0 radical (unpaired) electrons. The number of hydrogen-bond acceptors (Lipinski definition) is 5. The van der Waals surface area contributed by atoms with Crippen molar-refractivity contribution < 1.29 is 24.1 Å². The van der Waals surface area contributed by atoms with E-state index in [0.29, 0.717) is 38.2 Å². The molecule has 21 heavy (non-hydrogen) atoms. The van der Waals surface area contributed by atoms with Gasteiger partial charge in [-0.2, -0.15) is 0 Å². The van der Waals surface area contributed by atoms with E-state index in [1.807, 2.05) is 6.92 Å². The normalized spacial score (nSPS) is 26.7. The molecule has 0 aromatic rings. The fourth-order valence-corrected chi connectivity index (χ4v) is 3.36. The topological polar surface area (TPSA) is 65.0 Å². The Balaban J connectivity index is 2.12. The molecular formula is C16H26O5. The maximum absolute atomic E-state index is 12.3. The first-order valence-corrected chi connectivity index (χ1v) is 7.83. The zero-order valence-electron chi connectivity index (χ0n) is 13.0. The van der Waals surface area contributed by atoms with E-state index in [1.165, 1.54) is 0 Å². The van der Waals surface area contributed by atoms with E-state index in [0.717, 1.165) is 12.8 Å². The summed E-state index contributed by atoms with van der Waals surface area (Å²) < 4.78 is 16.6. The third-order valence-corrected chi connectivity index (χ3v) is 4.56. The van der Waals surface area contributed by atoms with Crippen molar-refractivity contribution in [1.29, 1.82) is 0 Å². The average Bonchev–Trinajstić information content (AvgIpc) is 3.09. The Morgan fingerprint density at radius 1 is 1.43 bits per heavy atom. The SMILES string of the molecule is C=C(CC)[C@H](O)[C@H](C(=O)OCC)C1CCC2(C1)OCCO2. The second-order valence-corrected chi connectivity index (χ2v) is 5.84. The number of ether oxygens (including phenoxy) is 3. The molecule has 1 N–H and O–H groups in total. The van der Waals surface area contributed by atoms with E-state index in [2.05, 4.69) is 6.58 Å². The molecule has 1 saturated heterocycles. The lowest BCUT2D eigenvalue weighted by molar-refractivity contribution is -0.161. The average molecular weight is 298 g/mol. The van der Waals surface area contributed by atoms with E-state index in [9.17, 15) is 9.90 Å². The quantitative estimate of drug-likeness (QED) is 0.600. The predicted octanol–water partition coefficient (Wildman–Crippen LogP) is 2.04. The molecule has 1 heterocycles. The summed E-state index contributed by atoms with van der Waals surface area (Å²) in [6, 6.07) is 0. The molecule has 2 fully saturated rings. The lowest BCUT2D eigenvalue weighted by atomic mass is 9.82. The van der Waals surface area contributed by atoms with Crippen LogP contribution in [-0.2, 0) is 19.0 Å². The number of carbonyl (C=O) groups excluding carboxylic acids is 1. The van der Waals surface area contributed by atoms with Crippen LogP contribution < -0.4 is 0 Å². The van der Waals surface area contributed by atoms with Crippen LogP contribution in [0, 0.1) is 11.8 Å². The van der Waals surface area contributed by atoms with Crippen molar-refractivity contribution in [2.45, 2.75) is 51.4 Å². The van der Waals surface area contributed by atoms with Crippen molar-refractivity contribution in [3.63, 3.8) is 0 Å². The molecule has 5 nitrogen and oxygen atoms in total. The van der Waals surface area contributed by atoms with Crippen LogP contribution in [0.25, 0.3) is 0 Å². The molecule has 1 saturated carbocycles. The first kappa shape index (κ1) is 16.5. The second kappa shape index (κ2) is 6.90. The molecule has 3 atom stereocenters. The largest absolute Gasteiger partial charge is 0.466 e. The lowest BCUT2D eigenvalue weighted by Gasteiger charge is -2.29. The fourth-order valence-electron chi connectivity index (χ4n) is 3.36. The summed E-state index contributed by atoms with van der Waals surface area (Å²) in [6.07, 6.45) is 1.96. The molecule has 1 spiro atoms. The van der Waals surface area contributed by atoms with Crippen LogP contribution >= 0.6 is 0 Å². The third kappa shape index (κ3) is 3.47. The number of esters is 1. The first-order valence-electron chi connectivity index (χ1n) is 7.83.